The number of carbonyl (C=O) groups excluding carboxylic acids is 1. The Balaban J connectivity index is 2.02. The fraction of sp³-hybridized carbons (Fsp3) is 0.154. The van der Waals surface area contributed by atoms with E-state index in [0.717, 1.165) is 17.1 Å². The average molecular weight is 309 g/mol. The van der Waals surface area contributed by atoms with Gasteiger partial charge in [-0.25, -0.2) is 4.39 Å². The number of hydrogen-bond acceptors (Lipinski definition) is 4. The summed E-state index contributed by atoms with van der Waals surface area (Å²) in [7, 11) is 0. The molecule has 0 aliphatic rings. The number of hydrogen-bond donors (Lipinski definition) is 2. The van der Waals surface area contributed by atoms with Crippen LogP contribution in [0, 0.1) is 17.1 Å². The van der Waals surface area contributed by atoms with Crippen LogP contribution in [0.2, 0.25) is 5.02 Å². The van der Waals surface area contributed by atoms with Crippen molar-refractivity contribution in [2.45, 2.75) is 12.6 Å². The van der Waals surface area contributed by atoms with Crippen LogP contribution >= 0.6 is 11.6 Å². The number of nitrogens with zero attached hydrogens (tertiary/aromatic N) is 3. The van der Waals surface area contributed by atoms with Crippen LogP contribution in [-0.2, 0) is 11.3 Å². The lowest BCUT2D eigenvalue weighted by Crippen LogP contribution is -2.31. The summed E-state index contributed by atoms with van der Waals surface area (Å²) in [5.41, 5.74) is 0.622. The smallest absolute Gasteiger partial charge is 0.255 e. The van der Waals surface area contributed by atoms with Crippen LogP contribution in [0.5, 0.6) is 0 Å². The highest BCUT2D eigenvalue weighted by Gasteiger charge is 2.17. The summed E-state index contributed by atoms with van der Waals surface area (Å²) < 4.78 is 13.9. The maximum Gasteiger partial charge on any atom is 0.255 e. The predicted octanol–water partition coefficient (Wildman–Crippen LogP) is 1.55. The SMILES string of the molecule is N#Cc1ccc(NC(=O)C(O)Cn2cc(F)cn2)c(Cl)c1. The quantitative estimate of drug-likeness (QED) is 0.896. The minimum absolute atomic E-state index is 0.180. The Hall–Kier alpha value is -2.43. The molecule has 2 rings (SSSR count). The van der Waals surface area contributed by atoms with Gasteiger partial charge in [0, 0.05) is 0 Å². The van der Waals surface area contributed by atoms with E-state index in [4.69, 9.17) is 16.9 Å². The van der Waals surface area contributed by atoms with Gasteiger partial charge in [0.2, 0.25) is 0 Å². The zero-order valence-corrected chi connectivity index (χ0v) is 11.4. The van der Waals surface area contributed by atoms with Crippen LogP contribution < -0.4 is 5.32 Å². The summed E-state index contributed by atoms with van der Waals surface area (Å²) in [4.78, 5) is 11.8. The molecule has 0 aliphatic carbocycles. The summed E-state index contributed by atoms with van der Waals surface area (Å²) in [6.07, 6.45) is 0.615. The van der Waals surface area contributed by atoms with Crippen LogP contribution in [0.3, 0.4) is 0 Å². The van der Waals surface area contributed by atoms with E-state index in [9.17, 15) is 14.3 Å². The number of aliphatic hydroxyl groups excluding tert-OH is 1. The molecule has 1 aromatic heterocycles. The highest BCUT2D eigenvalue weighted by atomic mass is 35.5. The van der Waals surface area contributed by atoms with Gasteiger partial charge in [0.25, 0.3) is 5.91 Å². The molecule has 8 heteroatoms. The molecule has 0 fully saturated rings. The van der Waals surface area contributed by atoms with Crippen molar-refractivity contribution in [3.8, 4) is 6.07 Å². The third-order valence-electron chi connectivity index (χ3n) is 2.62. The van der Waals surface area contributed by atoms with Gasteiger partial charge in [-0.2, -0.15) is 10.4 Å². The number of nitriles is 1. The minimum Gasteiger partial charge on any atom is -0.381 e. The second-order valence-electron chi connectivity index (χ2n) is 4.19. The van der Waals surface area contributed by atoms with Gasteiger partial charge in [0.05, 0.1) is 41.3 Å². The normalized spacial score (nSPS) is 11.7. The number of carbonyl (C=O) groups is 1. The van der Waals surface area contributed by atoms with Crippen LogP contribution in [0.25, 0.3) is 0 Å². The average Bonchev–Trinajstić information content (AvgIpc) is 2.86. The Morgan fingerprint density at radius 3 is 2.95 bits per heavy atom. The van der Waals surface area contributed by atoms with Crippen molar-refractivity contribution in [3.05, 3.63) is 47.0 Å². The highest BCUT2D eigenvalue weighted by molar-refractivity contribution is 6.33. The molecule has 0 radical (unpaired) electrons. The first kappa shape index (κ1) is 15.0. The number of halogens is 2. The molecule has 21 heavy (non-hydrogen) atoms. The number of amides is 1. The number of aromatic nitrogens is 2. The summed E-state index contributed by atoms with van der Waals surface area (Å²) in [6, 6.07) is 6.25. The van der Waals surface area contributed by atoms with Crippen LogP contribution in [0.15, 0.2) is 30.6 Å². The van der Waals surface area contributed by atoms with Gasteiger partial charge in [-0.1, -0.05) is 11.6 Å². The number of aliphatic hydroxyl groups is 1. The molecule has 1 atom stereocenters. The maximum atomic E-state index is 12.7. The van der Waals surface area contributed by atoms with E-state index in [0.29, 0.717) is 5.56 Å². The molecule has 6 nitrogen and oxygen atoms in total. The van der Waals surface area contributed by atoms with Gasteiger partial charge in [0.15, 0.2) is 11.9 Å². The van der Waals surface area contributed by atoms with Crippen molar-refractivity contribution in [1.29, 1.82) is 5.26 Å². The Kier molecular flexibility index (Phi) is 4.52. The second-order valence-corrected chi connectivity index (χ2v) is 4.60. The Morgan fingerprint density at radius 1 is 1.62 bits per heavy atom. The lowest BCUT2D eigenvalue weighted by atomic mass is 10.2. The number of benzene rings is 1. The van der Waals surface area contributed by atoms with E-state index in [1.54, 1.807) is 0 Å². The van der Waals surface area contributed by atoms with Gasteiger partial charge >= 0.3 is 0 Å². The molecule has 0 bridgehead atoms. The van der Waals surface area contributed by atoms with Crippen molar-refractivity contribution in [2.24, 2.45) is 0 Å². The molecule has 1 unspecified atom stereocenters. The molecule has 2 aromatic rings. The van der Waals surface area contributed by atoms with Crippen LogP contribution in [-0.4, -0.2) is 26.9 Å². The van der Waals surface area contributed by atoms with E-state index in [1.165, 1.54) is 18.2 Å². The zero-order chi connectivity index (χ0) is 15.4. The Labute approximate surface area is 124 Å². The van der Waals surface area contributed by atoms with Crippen LogP contribution in [0.4, 0.5) is 10.1 Å². The maximum absolute atomic E-state index is 12.7. The van der Waals surface area contributed by atoms with Gasteiger partial charge in [-0.05, 0) is 18.2 Å². The Morgan fingerprint density at radius 2 is 2.38 bits per heavy atom. The van der Waals surface area contributed by atoms with E-state index >= 15 is 0 Å². The monoisotopic (exact) mass is 308 g/mol. The molecule has 1 heterocycles. The first-order valence-electron chi connectivity index (χ1n) is 5.86. The molecule has 0 spiro atoms. The number of rotatable bonds is 4. The number of anilines is 1. The number of nitrogens with one attached hydrogen (secondary N) is 1. The zero-order valence-electron chi connectivity index (χ0n) is 10.6. The first-order chi connectivity index (χ1) is 9.99. The molecule has 1 amide bonds. The molecule has 2 N–H and O–H groups in total. The van der Waals surface area contributed by atoms with Crippen molar-refractivity contribution in [3.63, 3.8) is 0 Å². The van der Waals surface area contributed by atoms with Gasteiger partial charge < -0.3 is 10.4 Å². The standard InChI is InChI=1S/C13H10ClFN4O2/c14-10-3-8(4-16)1-2-11(10)18-13(21)12(20)7-19-6-9(15)5-17-19/h1-3,5-6,12,20H,7H2,(H,18,21). The van der Waals surface area contributed by atoms with Gasteiger partial charge in [-0.15, -0.1) is 0 Å². The first-order valence-corrected chi connectivity index (χ1v) is 6.24. The van der Waals surface area contributed by atoms with Crippen LogP contribution in [0.1, 0.15) is 5.56 Å². The van der Waals surface area contributed by atoms with Crippen molar-refractivity contribution in [1.82, 2.24) is 9.78 Å². The van der Waals surface area contributed by atoms with Crippen molar-refractivity contribution >= 4 is 23.2 Å². The van der Waals surface area contributed by atoms with E-state index < -0.39 is 17.8 Å². The molecule has 0 aliphatic heterocycles. The van der Waals surface area contributed by atoms with E-state index in [2.05, 4.69) is 10.4 Å². The molecule has 108 valence electrons. The van der Waals surface area contributed by atoms with E-state index in [-0.39, 0.29) is 17.3 Å². The summed E-state index contributed by atoms with van der Waals surface area (Å²) in [5, 5.41) is 24.7. The fourth-order valence-corrected chi connectivity index (χ4v) is 1.83. The van der Waals surface area contributed by atoms with Crippen molar-refractivity contribution < 1.29 is 14.3 Å². The topological polar surface area (TPSA) is 90.9 Å². The third kappa shape index (κ3) is 3.78. The minimum atomic E-state index is -1.42. The fourth-order valence-electron chi connectivity index (χ4n) is 1.60. The lowest BCUT2D eigenvalue weighted by Gasteiger charge is -2.12. The summed E-state index contributed by atoms with van der Waals surface area (Å²) in [6.45, 7) is -0.191. The molecular formula is C13H10ClFN4O2. The van der Waals surface area contributed by atoms with E-state index in [1.807, 2.05) is 6.07 Å². The molecular weight excluding hydrogens is 299 g/mol. The van der Waals surface area contributed by atoms with Gasteiger partial charge in [0.1, 0.15) is 0 Å². The predicted molar refractivity (Wildman–Crippen MR) is 73.0 cm³/mol. The molecule has 1 aromatic carbocycles. The summed E-state index contributed by atoms with van der Waals surface area (Å²) >= 11 is 5.91. The van der Waals surface area contributed by atoms with Crippen molar-refractivity contribution in [2.75, 3.05) is 5.32 Å². The summed E-state index contributed by atoms with van der Waals surface area (Å²) in [5.74, 6) is -1.27. The van der Waals surface area contributed by atoms with Gasteiger partial charge in [-0.3, -0.25) is 9.48 Å². The molecule has 0 saturated carbocycles. The third-order valence-corrected chi connectivity index (χ3v) is 2.93. The lowest BCUT2D eigenvalue weighted by molar-refractivity contribution is -0.124. The highest BCUT2D eigenvalue weighted by Crippen LogP contribution is 2.22. The largest absolute Gasteiger partial charge is 0.381 e. The second kappa shape index (κ2) is 6.35. The Bertz CT molecular complexity index is 710. The molecule has 0 saturated heterocycles.